The maximum absolute atomic E-state index is 13.0. The van der Waals surface area contributed by atoms with E-state index in [4.69, 9.17) is 4.74 Å². The Bertz CT molecular complexity index is 859. The van der Waals surface area contributed by atoms with Crippen molar-refractivity contribution in [3.63, 3.8) is 0 Å². The fraction of sp³-hybridized carbons (Fsp3) is 0.476. The molecule has 0 fully saturated rings. The fourth-order valence-electron chi connectivity index (χ4n) is 3.49. The molecule has 0 saturated carbocycles. The van der Waals surface area contributed by atoms with Gasteiger partial charge in [0.25, 0.3) is 11.8 Å². The van der Waals surface area contributed by atoms with E-state index in [1.165, 1.54) is 0 Å². The Morgan fingerprint density at radius 1 is 1.29 bits per heavy atom. The molecule has 1 aromatic heterocycles. The van der Waals surface area contributed by atoms with E-state index in [0.29, 0.717) is 30.2 Å². The van der Waals surface area contributed by atoms with Crippen molar-refractivity contribution in [2.45, 2.75) is 45.6 Å². The molecule has 0 bridgehead atoms. The maximum atomic E-state index is 13.0. The summed E-state index contributed by atoms with van der Waals surface area (Å²) in [5.41, 5.74) is 1.85. The Morgan fingerprint density at radius 2 is 2.07 bits per heavy atom. The minimum absolute atomic E-state index is 0.115. The molecular weight excluding hydrogens is 356 g/mol. The van der Waals surface area contributed by atoms with Crippen LogP contribution in [0.4, 0.5) is 5.69 Å². The number of hydrogen-bond acceptors (Lipinski definition) is 4. The van der Waals surface area contributed by atoms with Gasteiger partial charge in [-0.3, -0.25) is 9.59 Å². The number of hydrogen-bond donors (Lipinski definition) is 1. The van der Waals surface area contributed by atoms with Gasteiger partial charge in [-0.1, -0.05) is 25.5 Å². The van der Waals surface area contributed by atoms with Crippen LogP contribution >= 0.6 is 0 Å². The molecule has 28 heavy (non-hydrogen) atoms. The number of para-hydroxylation sites is 2. The average molecular weight is 384 g/mol. The number of methoxy groups -OCH3 is 1. The van der Waals surface area contributed by atoms with Crippen LogP contribution in [0.25, 0.3) is 0 Å². The molecule has 7 nitrogen and oxygen atoms in total. The van der Waals surface area contributed by atoms with Crippen molar-refractivity contribution >= 4 is 17.5 Å². The van der Waals surface area contributed by atoms with Crippen LogP contribution in [-0.4, -0.2) is 47.0 Å². The van der Waals surface area contributed by atoms with Crippen LogP contribution in [0.5, 0.6) is 5.75 Å². The molecule has 7 heteroatoms. The number of nitrogens with zero attached hydrogens (tertiary/aromatic N) is 3. The number of nitrogens with one attached hydrogen (secondary N) is 1. The highest BCUT2D eigenvalue weighted by Crippen LogP contribution is 2.26. The fourth-order valence-corrected chi connectivity index (χ4v) is 3.49. The van der Waals surface area contributed by atoms with Gasteiger partial charge in [-0.25, -0.2) is 4.98 Å². The Balaban J connectivity index is 1.90. The smallest absolute Gasteiger partial charge is 0.291 e. The molecule has 2 aromatic rings. The van der Waals surface area contributed by atoms with Gasteiger partial charge in [-0.15, -0.1) is 0 Å². The molecular formula is C21H28N4O3. The van der Waals surface area contributed by atoms with Crippen molar-refractivity contribution < 1.29 is 14.3 Å². The zero-order chi connectivity index (χ0) is 20.1. The zero-order valence-electron chi connectivity index (χ0n) is 16.8. The quantitative estimate of drug-likeness (QED) is 0.794. The number of amides is 2. The topological polar surface area (TPSA) is 76.5 Å². The Labute approximate surface area is 165 Å². The number of unbranched alkanes of at least 4 members (excludes halogenated alkanes) is 1. The molecule has 3 rings (SSSR count). The zero-order valence-corrected chi connectivity index (χ0v) is 16.8. The van der Waals surface area contributed by atoms with Gasteiger partial charge in [0.05, 0.1) is 18.5 Å². The Kier molecular flexibility index (Phi) is 6.34. The van der Waals surface area contributed by atoms with Crippen LogP contribution in [0.1, 0.15) is 59.4 Å². The summed E-state index contributed by atoms with van der Waals surface area (Å²) in [4.78, 5) is 32.1. The number of aromatic nitrogens is 2. The second-order valence-corrected chi connectivity index (χ2v) is 7.07. The van der Waals surface area contributed by atoms with Gasteiger partial charge in [0.1, 0.15) is 11.4 Å². The molecule has 2 amide bonds. The Hall–Kier alpha value is -2.83. The highest BCUT2D eigenvalue weighted by Gasteiger charge is 2.29. The largest absolute Gasteiger partial charge is 0.495 e. The summed E-state index contributed by atoms with van der Waals surface area (Å²) in [6, 6.07) is 7.24. The molecule has 1 aliphatic rings. The maximum Gasteiger partial charge on any atom is 0.291 e. The number of fused-ring (bicyclic) bond motifs is 1. The van der Waals surface area contributed by atoms with E-state index in [1.807, 2.05) is 16.7 Å². The predicted molar refractivity (Wildman–Crippen MR) is 108 cm³/mol. The standard InChI is InChI=1S/C21H28N4O3/c1-4-5-13-24(2)21(27)18-16-11-8-9-14-25(16)19(23-18)20(26)22-15-10-6-7-12-17(15)28-3/h6-7,10,12H,4-5,8-9,11,13-14H2,1-3H3,(H,22,26). The number of benzene rings is 1. The van der Waals surface area contributed by atoms with E-state index in [2.05, 4.69) is 17.2 Å². The summed E-state index contributed by atoms with van der Waals surface area (Å²) in [6.07, 6.45) is 4.69. The van der Waals surface area contributed by atoms with Gasteiger partial charge in [0.15, 0.2) is 5.82 Å². The van der Waals surface area contributed by atoms with Crippen molar-refractivity contribution in [2.75, 3.05) is 26.0 Å². The van der Waals surface area contributed by atoms with Gasteiger partial charge >= 0.3 is 0 Å². The number of carbonyl (C=O) groups is 2. The lowest BCUT2D eigenvalue weighted by Gasteiger charge is -2.19. The first kappa shape index (κ1) is 19.9. The minimum atomic E-state index is -0.331. The van der Waals surface area contributed by atoms with Crippen molar-refractivity contribution in [1.82, 2.24) is 14.5 Å². The molecule has 1 aliphatic heterocycles. The summed E-state index contributed by atoms with van der Waals surface area (Å²) in [5, 5.41) is 2.87. The number of rotatable bonds is 7. The van der Waals surface area contributed by atoms with Gasteiger partial charge in [-0.05, 0) is 37.8 Å². The predicted octanol–water partition coefficient (Wildman–Crippen LogP) is 3.35. The highest BCUT2D eigenvalue weighted by molar-refractivity contribution is 6.04. The van der Waals surface area contributed by atoms with Crippen molar-refractivity contribution in [2.24, 2.45) is 0 Å². The minimum Gasteiger partial charge on any atom is -0.495 e. The average Bonchev–Trinajstić information content (AvgIpc) is 3.11. The van der Waals surface area contributed by atoms with E-state index in [0.717, 1.165) is 37.8 Å². The molecule has 0 saturated heterocycles. The third-order valence-electron chi connectivity index (χ3n) is 5.07. The van der Waals surface area contributed by atoms with Gasteiger partial charge < -0.3 is 19.5 Å². The molecule has 0 unspecified atom stereocenters. The molecule has 2 heterocycles. The highest BCUT2D eigenvalue weighted by atomic mass is 16.5. The van der Waals surface area contributed by atoms with Crippen LogP contribution in [-0.2, 0) is 13.0 Å². The molecule has 1 N–H and O–H groups in total. The van der Waals surface area contributed by atoms with Crippen LogP contribution in [0, 0.1) is 0 Å². The number of anilines is 1. The first-order valence-corrected chi connectivity index (χ1v) is 9.86. The Morgan fingerprint density at radius 3 is 2.82 bits per heavy atom. The lowest BCUT2D eigenvalue weighted by atomic mass is 10.1. The van der Waals surface area contributed by atoms with Crippen molar-refractivity contribution in [1.29, 1.82) is 0 Å². The van der Waals surface area contributed by atoms with E-state index in [-0.39, 0.29) is 17.6 Å². The summed E-state index contributed by atoms with van der Waals surface area (Å²) in [5.74, 6) is 0.420. The molecule has 0 spiro atoms. The monoisotopic (exact) mass is 384 g/mol. The SMILES string of the molecule is CCCCN(C)C(=O)c1nc(C(=O)Nc2ccccc2OC)n2c1CCCC2. The third-order valence-corrected chi connectivity index (χ3v) is 5.07. The lowest BCUT2D eigenvalue weighted by molar-refractivity contribution is 0.0786. The van der Waals surface area contributed by atoms with E-state index in [1.54, 1.807) is 31.2 Å². The van der Waals surface area contributed by atoms with Crippen molar-refractivity contribution in [3.8, 4) is 5.75 Å². The van der Waals surface area contributed by atoms with Gasteiger partial charge in [0, 0.05) is 20.1 Å². The van der Waals surface area contributed by atoms with Crippen LogP contribution in [0.15, 0.2) is 24.3 Å². The summed E-state index contributed by atoms with van der Waals surface area (Å²) in [7, 11) is 3.35. The number of carbonyl (C=O) groups excluding carboxylic acids is 2. The molecule has 0 radical (unpaired) electrons. The summed E-state index contributed by atoms with van der Waals surface area (Å²) >= 11 is 0. The summed E-state index contributed by atoms with van der Waals surface area (Å²) in [6.45, 7) is 3.48. The van der Waals surface area contributed by atoms with Gasteiger partial charge in [0.2, 0.25) is 0 Å². The second-order valence-electron chi connectivity index (χ2n) is 7.07. The van der Waals surface area contributed by atoms with E-state index >= 15 is 0 Å². The van der Waals surface area contributed by atoms with Crippen LogP contribution in [0.2, 0.25) is 0 Å². The number of ether oxygens (including phenoxy) is 1. The molecule has 150 valence electrons. The van der Waals surface area contributed by atoms with Crippen LogP contribution < -0.4 is 10.1 Å². The molecule has 1 aromatic carbocycles. The lowest BCUT2D eigenvalue weighted by Crippen LogP contribution is -2.29. The first-order chi connectivity index (χ1) is 13.6. The number of imidazole rings is 1. The second kappa shape index (κ2) is 8.91. The van der Waals surface area contributed by atoms with Gasteiger partial charge in [-0.2, -0.15) is 0 Å². The molecule has 0 aliphatic carbocycles. The third kappa shape index (κ3) is 4.03. The first-order valence-electron chi connectivity index (χ1n) is 9.86. The normalized spacial score (nSPS) is 13.0. The summed E-state index contributed by atoms with van der Waals surface area (Å²) < 4.78 is 7.20. The van der Waals surface area contributed by atoms with E-state index in [9.17, 15) is 9.59 Å². The van der Waals surface area contributed by atoms with Crippen molar-refractivity contribution in [3.05, 3.63) is 41.5 Å². The van der Waals surface area contributed by atoms with E-state index < -0.39 is 0 Å². The molecule has 0 atom stereocenters. The van der Waals surface area contributed by atoms with Crippen LogP contribution in [0.3, 0.4) is 0 Å².